The Morgan fingerprint density at radius 1 is 1.12 bits per heavy atom. The molecule has 0 saturated carbocycles. The zero-order valence-corrected chi connectivity index (χ0v) is 12.9. The molecule has 0 fully saturated rings. The van der Waals surface area contributed by atoms with Gasteiger partial charge in [-0.05, 0) is 5.56 Å². The molecular weight excluding hydrogens is 242 g/mol. The molecule has 0 heterocycles. The number of rotatable bonds is 0. The molecule has 92 valence electrons. The SMILES string of the molecule is C[C-](C)C.[CH2-]C1C=Cc2ccccc21.[CH3-].[NH2-].[Ti+4]. The first kappa shape index (κ1) is 21.9. The normalized spacial score (nSPS) is 14.5. The number of benzene rings is 1. The summed E-state index contributed by atoms with van der Waals surface area (Å²) in [4.78, 5) is 0. The van der Waals surface area contributed by atoms with Crippen molar-refractivity contribution >= 4 is 6.08 Å². The van der Waals surface area contributed by atoms with Crippen LogP contribution in [0.4, 0.5) is 0 Å². The van der Waals surface area contributed by atoms with Crippen molar-refractivity contribution in [1.82, 2.24) is 0 Å². The van der Waals surface area contributed by atoms with Gasteiger partial charge in [0.15, 0.2) is 0 Å². The fraction of sp³-hybridized carbons (Fsp3) is 0.267. The minimum absolute atomic E-state index is 0. The molecule has 0 saturated heterocycles. The van der Waals surface area contributed by atoms with E-state index < -0.39 is 0 Å². The number of nitrogens with two attached hydrogens (primary N) is 1. The quantitative estimate of drug-likeness (QED) is 0.443. The van der Waals surface area contributed by atoms with Crippen molar-refractivity contribution < 1.29 is 21.7 Å². The predicted molar refractivity (Wildman–Crippen MR) is 75.5 cm³/mol. The van der Waals surface area contributed by atoms with Crippen LogP contribution in [0.25, 0.3) is 12.2 Å². The third-order valence-electron chi connectivity index (χ3n) is 1.90. The molecular formula is C15H23NTi. The summed E-state index contributed by atoms with van der Waals surface area (Å²) in [5, 5.41) is 0. The van der Waals surface area contributed by atoms with Crippen LogP contribution in [0.2, 0.25) is 0 Å². The van der Waals surface area contributed by atoms with E-state index in [0.29, 0.717) is 5.92 Å². The van der Waals surface area contributed by atoms with Crippen molar-refractivity contribution in [2.45, 2.75) is 26.7 Å². The Kier molecular flexibility index (Phi) is 13.9. The molecule has 2 heteroatoms. The van der Waals surface area contributed by atoms with E-state index in [0.717, 1.165) is 0 Å². The van der Waals surface area contributed by atoms with E-state index in [1.807, 2.05) is 0 Å². The van der Waals surface area contributed by atoms with Crippen LogP contribution in [0.1, 0.15) is 37.8 Å². The van der Waals surface area contributed by atoms with Gasteiger partial charge in [0, 0.05) is 0 Å². The van der Waals surface area contributed by atoms with Crippen molar-refractivity contribution in [3.05, 3.63) is 67.9 Å². The minimum atomic E-state index is 0. The van der Waals surface area contributed by atoms with Gasteiger partial charge in [0.25, 0.3) is 0 Å². The number of fused-ring (bicyclic) bond motifs is 1. The van der Waals surface area contributed by atoms with E-state index in [1.54, 1.807) is 0 Å². The van der Waals surface area contributed by atoms with Crippen LogP contribution in [0.3, 0.4) is 0 Å². The average molecular weight is 265 g/mol. The molecule has 0 bridgehead atoms. The van der Waals surface area contributed by atoms with Crippen LogP contribution in [-0.4, -0.2) is 0 Å². The second-order valence-electron chi connectivity index (χ2n) is 4.09. The van der Waals surface area contributed by atoms with Gasteiger partial charge in [-0.15, -0.1) is 12.0 Å². The first-order chi connectivity index (χ1) is 6.61. The third-order valence-corrected chi connectivity index (χ3v) is 1.90. The van der Waals surface area contributed by atoms with Crippen LogP contribution in [0.15, 0.2) is 30.3 Å². The maximum Gasteiger partial charge on any atom is 4.00 e. The second kappa shape index (κ2) is 10.8. The largest absolute Gasteiger partial charge is 4.00 e. The van der Waals surface area contributed by atoms with Crippen LogP contribution < -0.4 is 0 Å². The second-order valence-corrected chi connectivity index (χ2v) is 4.09. The molecule has 1 aromatic rings. The molecule has 0 radical (unpaired) electrons. The van der Waals surface area contributed by atoms with E-state index in [2.05, 4.69) is 64.1 Å². The molecule has 1 aliphatic rings. The van der Waals surface area contributed by atoms with E-state index >= 15 is 0 Å². The monoisotopic (exact) mass is 265 g/mol. The summed E-state index contributed by atoms with van der Waals surface area (Å²) in [5.41, 5.74) is 2.67. The van der Waals surface area contributed by atoms with Crippen molar-refractivity contribution in [3.63, 3.8) is 0 Å². The molecule has 1 aromatic carbocycles. The summed E-state index contributed by atoms with van der Waals surface area (Å²) in [7, 11) is 0. The van der Waals surface area contributed by atoms with E-state index in [1.165, 1.54) is 17.0 Å². The summed E-state index contributed by atoms with van der Waals surface area (Å²) in [6.07, 6.45) is 4.26. The van der Waals surface area contributed by atoms with Gasteiger partial charge in [0.05, 0.1) is 0 Å². The molecule has 2 N–H and O–H groups in total. The maximum atomic E-state index is 3.99. The molecule has 0 aliphatic heterocycles. The van der Waals surface area contributed by atoms with Gasteiger partial charge in [-0.2, -0.15) is 20.8 Å². The van der Waals surface area contributed by atoms with Crippen molar-refractivity contribution in [3.8, 4) is 0 Å². The number of allylic oxidation sites excluding steroid dienone is 1. The Bertz CT molecular complexity index is 316. The molecule has 1 atom stereocenters. The predicted octanol–water partition coefficient (Wildman–Crippen LogP) is 5.42. The Balaban J connectivity index is -0.000000252. The first-order valence-electron chi connectivity index (χ1n) is 4.98. The zero-order chi connectivity index (χ0) is 10.6. The molecule has 0 spiro atoms. The zero-order valence-electron chi connectivity index (χ0n) is 11.3. The Labute approximate surface area is 122 Å². The Morgan fingerprint density at radius 2 is 1.59 bits per heavy atom. The summed E-state index contributed by atoms with van der Waals surface area (Å²) in [6, 6.07) is 8.37. The summed E-state index contributed by atoms with van der Waals surface area (Å²) in [5.74, 6) is 1.79. The van der Waals surface area contributed by atoms with Gasteiger partial charge in [-0.3, -0.25) is 0 Å². The van der Waals surface area contributed by atoms with E-state index in [-0.39, 0.29) is 35.3 Å². The first-order valence-corrected chi connectivity index (χ1v) is 4.98. The van der Waals surface area contributed by atoms with E-state index in [9.17, 15) is 0 Å². The van der Waals surface area contributed by atoms with Gasteiger partial charge in [-0.1, -0.05) is 35.9 Å². The van der Waals surface area contributed by atoms with Crippen molar-refractivity contribution in [1.29, 1.82) is 0 Å². The smallest absolute Gasteiger partial charge is 0.693 e. The fourth-order valence-corrected chi connectivity index (χ4v) is 1.32. The topological polar surface area (TPSA) is 33.5 Å². The molecule has 0 aromatic heterocycles. The van der Waals surface area contributed by atoms with E-state index in [4.69, 9.17) is 0 Å². The summed E-state index contributed by atoms with van der Waals surface area (Å²) < 4.78 is 0. The van der Waals surface area contributed by atoms with Gasteiger partial charge in [0.1, 0.15) is 0 Å². The average Bonchev–Trinajstić information content (AvgIpc) is 2.48. The van der Waals surface area contributed by atoms with Crippen LogP contribution in [0.5, 0.6) is 0 Å². The molecule has 1 unspecified atom stereocenters. The molecule has 2 rings (SSSR count). The minimum Gasteiger partial charge on any atom is -0.693 e. The Morgan fingerprint density at radius 3 is 2.06 bits per heavy atom. The Hall–Kier alpha value is -0.366. The fourth-order valence-electron chi connectivity index (χ4n) is 1.32. The maximum absolute atomic E-state index is 3.99. The standard InChI is InChI=1S/C10H9.C4H9.CH3.H2N.Ti/c1-8-6-7-9-4-2-3-5-10(8)9;1-4(2)3;;;/h2-8H,1H2;1-3H3;1H3;1H2;/q4*-1;+4. The number of hydrogen-bond donors (Lipinski definition) is 0. The number of hydrogen-bond acceptors (Lipinski definition) is 0. The van der Waals surface area contributed by atoms with Gasteiger partial charge >= 0.3 is 21.7 Å². The van der Waals surface area contributed by atoms with Crippen LogP contribution in [0, 0.1) is 20.3 Å². The molecule has 1 nitrogen and oxygen atoms in total. The van der Waals surface area contributed by atoms with Crippen molar-refractivity contribution in [2.75, 3.05) is 0 Å². The van der Waals surface area contributed by atoms with Crippen molar-refractivity contribution in [2.24, 2.45) is 0 Å². The summed E-state index contributed by atoms with van der Waals surface area (Å²) in [6.45, 7) is 10.2. The van der Waals surface area contributed by atoms with Gasteiger partial charge in [0.2, 0.25) is 0 Å². The third kappa shape index (κ3) is 7.54. The molecule has 1 aliphatic carbocycles. The van der Waals surface area contributed by atoms with Crippen LogP contribution >= 0.6 is 0 Å². The molecule has 17 heavy (non-hydrogen) atoms. The van der Waals surface area contributed by atoms with Gasteiger partial charge < -0.3 is 26.4 Å². The molecule has 0 amide bonds. The summed E-state index contributed by atoms with van der Waals surface area (Å²) >= 11 is 0. The van der Waals surface area contributed by atoms with Crippen LogP contribution in [-0.2, 0) is 21.7 Å². The van der Waals surface area contributed by atoms with Gasteiger partial charge in [-0.25, -0.2) is 0 Å².